The monoisotopic (exact) mass is 309 g/mol. The molecule has 0 spiro atoms. The molecule has 4 heterocycles. The zero-order valence-corrected chi connectivity index (χ0v) is 12.8. The van der Waals surface area contributed by atoms with Gasteiger partial charge in [0.25, 0.3) is 0 Å². The molecule has 2 aromatic heterocycles. The average Bonchev–Trinajstić information content (AvgIpc) is 3.29. The maximum absolute atomic E-state index is 4.44. The molecule has 5 rings (SSSR count). The molecule has 2 fully saturated rings. The number of anilines is 2. The largest absolute Gasteiger partial charge is 0.365 e. The molecular formula is C16H15N5S. The van der Waals surface area contributed by atoms with Crippen LogP contribution in [0.2, 0.25) is 0 Å². The Kier molecular flexibility index (Phi) is 2.61. The van der Waals surface area contributed by atoms with Crippen molar-refractivity contribution in [3.05, 3.63) is 42.6 Å². The van der Waals surface area contributed by atoms with Gasteiger partial charge in [-0.25, -0.2) is 4.98 Å². The van der Waals surface area contributed by atoms with Gasteiger partial charge in [-0.1, -0.05) is 18.2 Å². The highest BCUT2D eigenvalue weighted by atomic mass is 32.1. The first kappa shape index (κ1) is 12.3. The van der Waals surface area contributed by atoms with Gasteiger partial charge in [0.15, 0.2) is 5.65 Å². The van der Waals surface area contributed by atoms with Gasteiger partial charge in [0.1, 0.15) is 5.52 Å². The Hall–Kier alpha value is -2.21. The molecule has 110 valence electrons. The summed E-state index contributed by atoms with van der Waals surface area (Å²) in [6.07, 6.45) is 3.07. The first-order valence-corrected chi connectivity index (χ1v) is 8.29. The van der Waals surface area contributed by atoms with Gasteiger partial charge < -0.3 is 9.80 Å². The van der Waals surface area contributed by atoms with Crippen LogP contribution in [0.4, 0.5) is 11.4 Å². The molecule has 2 saturated heterocycles. The molecule has 6 heteroatoms. The van der Waals surface area contributed by atoms with E-state index >= 15 is 0 Å². The fraction of sp³-hybridized carbons (Fsp3) is 0.312. The van der Waals surface area contributed by atoms with Crippen molar-refractivity contribution in [1.82, 2.24) is 13.7 Å². The minimum atomic E-state index is 0.553. The number of hydrogen-bond donors (Lipinski definition) is 0. The number of aromatic nitrogens is 3. The van der Waals surface area contributed by atoms with Gasteiger partial charge in [0.05, 0.1) is 17.4 Å². The van der Waals surface area contributed by atoms with E-state index in [4.69, 9.17) is 0 Å². The average molecular weight is 309 g/mol. The van der Waals surface area contributed by atoms with Crippen LogP contribution >= 0.6 is 11.7 Å². The van der Waals surface area contributed by atoms with Crippen molar-refractivity contribution < 1.29 is 0 Å². The fourth-order valence-electron chi connectivity index (χ4n) is 3.82. The van der Waals surface area contributed by atoms with Crippen LogP contribution in [-0.4, -0.2) is 38.9 Å². The van der Waals surface area contributed by atoms with Crippen molar-refractivity contribution in [2.45, 2.75) is 18.5 Å². The Bertz CT molecular complexity index is 818. The maximum Gasteiger partial charge on any atom is 0.195 e. The molecule has 0 amide bonds. The van der Waals surface area contributed by atoms with E-state index in [0.717, 1.165) is 24.3 Å². The van der Waals surface area contributed by atoms with Crippen molar-refractivity contribution in [3.63, 3.8) is 0 Å². The number of para-hydroxylation sites is 1. The van der Waals surface area contributed by atoms with Crippen LogP contribution in [-0.2, 0) is 0 Å². The second-order valence-corrected chi connectivity index (χ2v) is 6.48. The van der Waals surface area contributed by atoms with E-state index in [2.05, 4.69) is 59.9 Å². The van der Waals surface area contributed by atoms with E-state index < -0.39 is 0 Å². The number of nitrogens with zero attached hydrogens (tertiary/aromatic N) is 5. The highest BCUT2D eigenvalue weighted by molar-refractivity contribution is 7.00. The number of hydrogen-bond acceptors (Lipinski definition) is 6. The van der Waals surface area contributed by atoms with E-state index in [1.165, 1.54) is 29.5 Å². The van der Waals surface area contributed by atoms with E-state index in [-0.39, 0.29) is 0 Å². The lowest BCUT2D eigenvalue weighted by atomic mass is 10.2. The molecule has 0 radical (unpaired) electrons. The molecule has 22 heavy (non-hydrogen) atoms. The van der Waals surface area contributed by atoms with Gasteiger partial charge in [-0.15, -0.1) is 0 Å². The van der Waals surface area contributed by atoms with E-state index in [1.54, 1.807) is 0 Å². The summed E-state index contributed by atoms with van der Waals surface area (Å²) in [7, 11) is 0. The molecular weight excluding hydrogens is 294 g/mol. The summed E-state index contributed by atoms with van der Waals surface area (Å²) >= 11 is 1.24. The van der Waals surface area contributed by atoms with Gasteiger partial charge in [-0.3, -0.25) is 0 Å². The lowest BCUT2D eigenvalue weighted by Gasteiger charge is -2.36. The lowest BCUT2D eigenvalue weighted by Crippen LogP contribution is -2.46. The minimum absolute atomic E-state index is 0.553. The lowest BCUT2D eigenvalue weighted by molar-refractivity contribution is 0.648. The van der Waals surface area contributed by atoms with E-state index in [9.17, 15) is 0 Å². The van der Waals surface area contributed by atoms with Crippen LogP contribution < -0.4 is 9.80 Å². The number of fused-ring (bicyclic) bond motifs is 3. The second-order valence-electron chi connectivity index (χ2n) is 5.95. The highest BCUT2D eigenvalue weighted by Gasteiger charge is 2.43. The molecule has 2 bridgehead atoms. The molecule has 0 aliphatic carbocycles. The van der Waals surface area contributed by atoms with Crippen LogP contribution in [0.5, 0.6) is 0 Å². The zero-order valence-electron chi connectivity index (χ0n) is 12.0. The third-order valence-corrected chi connectivity index (χ3v) is 5.30. The van der Waals surface area contributed by atoms with Gasteiger partial charge >= 0.3 is 0 Å². The second kappa shape index (κ2) is 4.64. The standard InChI is InChI=1S/C16H15N5S/c1-2-4-11(5-3-1)20-9-13-8-12(20)10-21(13)14-6-7-17-16-15(14)18-22-19-16/h1-7,12-13H,8-10H2/t12-,13+/m0/s1. The molecule has 5 nitrogen and oxygen atoms in total. The van der Waals surface area contributed by atoms with Crippen LogP contribution in [0.1, 0.15) is 6.42 Å². The predicted octanol–water partition coefficient (Wildman–Crippen LogP) is 2.55. The Morgan fingerprint density at radius 1 is 0.955 bits per heavy atom. The first-order valence-electron chi connectivity index (χ1n) is 7.56. The third kappa shape index (κ3) is 1.73. The molecule has 0 unspecified atom stereocenters. The van der Waals surface area contributed by atoms with Gasteiger partial charge in [-0.05, 0) is 24.6 Å². The number of rotatable bonds is 2. The molecule has 2 aliphatic heterocycles. The first-order chi connectivity index (χ1) is 10.9. The maximum atomic E-state index is 4.44. The predicted molar refractivity (Wildman–Crippen MR) is 88.5 cm³/mol. The van der Waals surface area contributed by atoms with Crippen molar-refractivity contribution in [2.75, 3.05) is 22.9 Å². The van der Waals surface area contributed by atoms with Crippen LogP contribution in [0, 0.1) is 0 Å². The molecule has 0 N–H and O–H groups in total. The van der Waals surface area contributed by atoms with Crippen molar-refractivity contribution in [2.24, 2.45) is 0 Å². The molecule has 2 atom stereocenters. The Balaban J connectivity index is 1.46. The van der Waals surface area contributed by atoms with Crippen LogP contribution in [0.3, 0.4) is 0 Å². The smallest absolute Gasteiger partial charge is 0.195 e. The third-order valence-electron chi connectivity index (χ3n) is 4.78. The summed E-state index contributed by atoms with van der Waals surface area (Å²) in [5.41, 5.74) is 4.25. The summed E-state index contributed by atoms with van der Waals surface area (Å²) in [5, 5.41) is 0. The Labute approximate surface area is 132 Å². The Morgan fingerprint density at radius 2 is 1.77 bits per heavy atom. The molecule has 0 saturated carbocycles. The molecule has 1 aromatic carbocycles. The van der Waals surface area contributed by atoms with E-state index in [0.29, 0.717) is 12.1 Å². The van der Waals surface area contributed by atoms with Gasteiger partial charge in [-0.2, -0.15) is 8.75 Å². The normalized spacial score (nSPS) is 23.6. The van der Waals surface area contributed by atoms with Crippen LogP contribution in [0.25, 0.3) is 11.2 Å². The molecule has 3 aromatic rings. The highest BCUT2D eigenvalue weighted by Crippen LogP contribution is 2.38. The number of benzene rings is 1. The summed E-state index contributed by atoms with van der Waals surface area (Å²) in [4.78, 5) is 9.33. The zero-order chi connectivity index (χ0) is 14.5. The number of piperazine rings is 1. The Morgan fingerprint density at radius 3 is 2.59 bits per heavy atom. The summed E-state index contributed by atoms with van der Waals surface area (Å²) in [5.74, 6) is 0. The summed E-state index contributed by atoms with van der Waals surface area (Å²) in [6.45, 7) is 2.13. The minimum Gasteiger partial charge on any atom is -0.365 e. The van der Waals surface area contributed by atoms with Crippen LogP contribution in [0.15, 0.2) is 42.6 Å². The van der Waals surface area contributed by atoms with Gasteiger partial charge in [0, 0.05) is 37.1 Å². The van der Waals surface area contributed by atoms with Crippen molar-refractivity contribution in [3.8, 4) is 0 Å². The topological polar surface area (TPSA) is 45.2 Å². The SMILES string of the molecule is c1ccc(N2C[C@H]3C[C@H]2CN3c2ccnc3nsnc23)cc1. The van der Waals surface area contributed by atoms with Gasteiger partial charge in [0.2, 0.25) is 0 Å². The molecule has 2 aliphatic rings. The summed E-state index contributed by atoms with van der Waals surface area (Å²) in [6, 6.07) is 13.9. The summed E-state index contributed by atoms with van der Waals surface area (Å²) < 4.78 is 8.69. The number of pyridine rings is 1. The van der Waals surface area contributed by atoms with E-state index in [1.807, 2.05) is 6.20 Å². The van der Waals surface area contributed by atoms with Crippen molar-refractivity contribution >= 4 is 34.3 Å². The fourth-order valence-corrected chi connectivity index (χ4v) is 4.33. The quantitative estimate of drug-likeness (QED) is 0.728. The van der Waals surface area contributed by atoms with Crippen molar-refractivity contribution in [1.29, 1.82) is 0 Å².